The van der Waals surface area contributed by atoms with Gasteiger partial charge >= 0.3 is 6.03 Å². The lowest BCUT2D eigenvalue weighted by atomic mass is 10.2. The Bertz CT molecular complexity index is 665. The number of urea groups is 1. The molecular weight excluding hydrogens is 351 g/mol. The molecule has 0 saturated carbocycles. The largest absolute Gasteiger partial charge is 0.467 e. The van der Waals surface area contributed by atoms with Gasteiger partial charge in [-0.25, -0.2) is 4.79 Å². The molecule has 0 aliphatic carbocycles. The third-order valence-electron chi connectivity index (χ3n) is 3.86. The van der Waals surface area contributed by atoms with Crippen LogP contribution in [0.1, 0.15) is 18.6 Å². The van der Waals surface area contributed by atoms with Crippen molar-refractivity contribution in [1.82, 2.24) is 4.90 Å². The number of amides is 2. The number of ether oxygens (including phenoxy) is 1. The van der Waals surface area contributed by atoms with E-state index in [0.29, 0.717) is 34.6 Å². The molecule has 1 fully saturated rings. The molecule has 7 heteroatoms. The number of nitrogens with one attached hydrogen (secondary N) is 1. The average Bonchev–Trinajstić information content (AvgIpc) is 3.24. The zero-order valence-corrected chi connectivity index (χ0v) is 14.5. The SMILES string of the molecule is O=C(Nc1c(Cl)cccc1Cl)N(Cc1ccco1)C[C@@H]1CCCO1. The van der Waals surface area contributed by atoms with E-state index in [0.717, 1.165) is 19.4 Å². The monoisotopic (exact) mass is 368 g/mol. The third kappa shape index (κ3) is 4.23. The Labute approximate surface area is 150 Å². The molecule has 3 rings (SSSR count). The fraction of sp³-hybridized carbons (Fsp3) is 0.353. The molecule has 1 atom stereocenters. The van der Waals surface area contributed by atoms with Crippen molar-refractivity contribution in [2.75, 3.05) is 18.5 Å². The van der Waals surface area contributed by atoms with Gasteiger partial charge < -0.3 is 19.4 Å². The normalized spacial score (nSPS) is 17.0. The van der Waals surface area contributed by atoms with Gasteiger partial charge in [0, 0.05) is 13.2 Å². The summed E-state index contributed by atoms with van der Waals surface area (Å²) in [4.78, 5) is 14.4. The van der Waals surface area contributed by atoms with Crippen molar-refractivity contribution in [3.8, 4) is 0 Å². The van der Waals surface area contributed by atoms with Gasteiger partial charge in [-0.15, -0.1) is 0 Å². The Morgan fingerprint density at radius 3 is 2.67 bits per heavy atom. The molecule has 5 nitrogen and oxygen atoms in total. The summed E-state index contributed by atoms with van der Waals surface area (Å²) < 4.78 is 11.0. The van der Waals surface area contributed by atoms with Crippen LogP contribution in [0.3, 0.4) is 0 Å². The number of anilines is 1. The van der Waals surface area contributed by atoms with Crippen molar-refractivity contribution < 1.29 is 13.9 Å². The standard InChI is InChI=1S/C17H18Cl2N2O3/c18-14-6-1-7-15(19)16(14)20-17(22)21(10-12-4-2-8-23-12)11-13-5-3-9-24-13/h1-2,4,6-8,13H,3,5,9-11H2,(H,20,22)/t13-/m0/s1. The van der Waals surface area contributed by atoms with E-state index >= 15 is 0 Å². The number of furan rings is 1. The van der Waals surface area contributed by atoms with Crippen molar-refractivity contribution in [2.24, 2.45) is 0 Å². The van der Waals surface area contributed by atoms with Gasteiger partial charge in [-0.1, -0.05) is 29.3 Å². The lowest BCUT2D eigenvalue weighted by Gasteiger charge is -2.25. The zero-order chi connectivity index (χ0) is 16.9. The van der Waals surface area contributed by atoms with Gasteiger partial charge in [0.1, 0.15) is 5.76 Å². The van der Waals surface area contributed by atoms with Crippen molar-refractivity contribution >= 4 is 34.9 Å². The van der Waals surface area contributed by atoms with E-state index < -0.39 is 0 Å². The van der Waals surface area contributed by atoms with Crippen molar-refractivity contribution in [3.05, 3.63) is 52.4 Å². The van der Waals surface area contributed by atoms with Gasteiger partial charge in [0.25, 0.3) is 0 Å². The third-order valence-corrected chi connectivity index (χ3v) is 4.49. The number of carbonyl (C=O) groups is 1. The average molecular weight is 369 g/mol. The van der Waals surface area contributed by atoms with E-state index in [4.69, 9.17) is 32.4 Å². The summed E-state index contributed by atoms with van der Waals surface area (Å²) in [7, 11) is 0. The Balaban J connectivity index is 1.74. The van der Waals surface area contributed by atoms with Crippen molar-refractivity contribution in [2.45, 2.75) is 25.5 Å². The first-order chi connectivity index (χ1) is 11.6. The maximum absolute atomic E-state index is 12.7. The van der Waals surface area contributed by atoms with E-state index in [9.17, 15) is 4.79 Å². The van der Waals surface area contributed by atoms with Crippen LogP contribution in [-0.4, -0.2) is 30.2 Å². The van der Waals surface area contributed by atoms with Crippen LogP contribution in [0.4, 0.5) is 10.5 Å². The van der Waals surface area contributed by atoms with Gasteiger partial charge in [-0.2, -0.15) is 0 Å². The van der Waals surface area contributed by atoms with Gasteiger partial charge in [-0.3, -0.25) is 0 Å². The highest BCUT2D eigenvalue weighted by Crippen LogP contribution is 2.30. The summed E-state index contributed by atoms with van der Waals surface area (Å²) in [5, 5.41) is 3.58. The van der Waals surface area contributed by atoms with Crippen LogP contribution in [0.25, 0.3) is 0 Å². The first-order valence-electron chi connectivity index (χ1n) is 7.77. The fourth-order valence-electron chi connectivity index (χ4n) is 2.65. The second-order valence-electron chi connectivity index (χ2n) is 5.62. The Kier molecular flexibility index (Phi) is 5.66. The molecule has 1 N–H and O–H groups in total. The second-order valence-corrected chi connectivity index (χ2v) is 6.44. The first-order valence-corrected chi connectivity index (χ1v) is 8.53. The molecule has 1 aliphatic heterocycles. The predicted octanol–water partition coefficient (Wildman–Crippen LogP) is 4.80. The van der Waals surface area contributed by atoms with E-state index in [1.54, 1.807) is 35.4 Å². The van der Waals surface area contributed by atoms with Gasteiger partial charge in [-0.05, 0) is 37.1 Å². The number of para-hydroxylation sites is 1. The topological polar surface area (TPSA) is 54.7 Å². The minimum atomic E-state index is -0.295. The second kappa shape index (κ2) is 7.92. The molecule has 2 amide bonds. The van der Waals surface area contributed by atoms with Crippen LogP contribution < -0.4 is 5.32 Å². The number of nitrogens with zero attached hydrogens (tertiary/aromatic N) is 1. The smallest absolute Gasteiger partial charge is 0.322 e. The number of benzene rings is 1. The summed E-state index contributed by atoms with van der Waals surface area (Å²) in [6.07, 6.45) is 3.57. The summed E-state index contributed by atoms with van der Waals surface area (Å²) in [5.41, 5.74) is 0.405. The molecule has 0 spiro atoms. The van der Waals surface area contributed by atoms with Gasteiger partial charge in [0.05, 0.1) is 34.6 Å². The van der Waals surface area contributed by atoms with Crippen molar-refractivity contribution in [3.63, 3.8) is 0 Å². The van der Waals surface area contributed by atoms with Crippen LogP contribution >= 0.6 is 23.2 Å². The lowest BCUT2D eigenvalue weighted by Crippen LogP contribution is -2.39. The maximum atomic E-state index is 12.7. The van der Waals surface area contributed by atoms with E-state index in [1.807, 2.05) is 6.07 Å². The van der Waals surface area contributed by atoms with Gasteiger partial charge in [0.15, 0.2) is 0 Å². The number of hydrogen-bond donors (Lipinski definition) is 1. The maximum Gasteiger partial charge on any atom is 0.322 e. The minimum Gasteiger partial charge on any atom is -0.467 e. The fourth-order valence-corrected chi connectivity index (χ4v) is 3.14. The quantitative estimate of drug-likeness (QED) is 0.824. The number of carbonyl (C=O) groups excluding carboxylic acids is 1. The number of hydrogen-bond acceptors (Lipinski definition) is 3. The highest BCUT2D eigenvalue weighted by molar-refractivity contribution is 6.39. The predicted molar refractivity (Wildman–Crippen MR) is 93.6 cm³/mol. The molecule has 1 aromatic heterocycles. The van der Waals surface area contributed by atoms with Gasteiger partial charge in [0.2, 0.25) is 0 Å². The molecule has 128 valence electrons. The molecule has 1 aromatic carbocycles. The summed E-state index contributed by atoms with van der Waals surface area (Å²) >= 11 is 12.3. The summed E-state index contributed by atoms with van der Waals surface area (Å²) in [6, 6.07) is 8.42. The van der Waals surface area contributed by atoms with Crippen molar-refractivity contribution in [1.29, 1.82) is 0 Å². The van der Waals surface area contributed by atoms with Crippen LogP contribution in [0.5, 0.6) is 0 Å². The number of rotatable bonds is 5. The highest BCUT2D eigenvalue weighted by atomic mass is 35.5. The highest BCUT2D eigenvalue weighted by Gasteiger charge is 2.24. The summed E-state index contributed by atoms with van der Waals surface area (Å²) in [5.74, 6) is 0.702. The summed E-state index contributed by atoms with van der Waals surface area (Å²) in [6.45, 7) is 1.56. The number of halogens is 2. The van der Waals surface area contributed by atoms with E-state index in [1.165, 1.54) is 0 Å². The van der Waals surface area contributed by atoms with E-state index in [2.05, 4.69) is 5.32 Å². The molecule has 24 heavy (non-hydrogen) atoms. The van der Waals surface area contributed by atoms with E-state index in [-0.39, 0.29) is 12.1 Å². The van der Waals surface area contributed by atoms with Crippen LogP contribution in [-0.2, 0) is 11.3 Å². The molecule has 2 aromatic rings. The molecule has 0 unspecified atom stereocenters. The molecule has 1 saturated heterocycles. The molecule has 0 bridgehead atoms. The molecular formula is C17H18Cl2N2O3. The van der Waals surface area contributed by atoms with Crippen LogP contribution in [0, 0.1) is 0 Å². The Morgan fingerprint density at radius 2 is 2.04 bits per heavy atom. The molecule has 0 radical (unpaired) electrons. The minimum absolute atomic E-state index is 0.0347. The molecule has 2 heterocycles. The molecule has 1 aliphatic rings. The zero-order valence-electron chi connectivity index (χ0n) is 13.0. The first kappa shape index (κ1) is 17.1. The Morgan fingerprint density at radius 1 is 1.25 bits per heavy atom. The lowest BCUT2D eigenvalue weighted by molar-refractivity contribution is 0.0803. The van der Waals surface area contributed by atoms with Crippen LogP contribution in [0.2, 0.25) is 10.0 Å². The Hall–Kier alpha value is -1.69. The van der Waals surface area contributed by atoms with Crippen LogP contribution in [0.15, 0.2) is 41.0 Å².